The molecule has 0 aromatic heterocycles. The minimum absolute atomic E-state index is 0.00485. The number of carboxylic acids is 1. The smallest absolute Gasteiger partial charge is 0.303 e. The molecule has 1 heterocycles. The van der Waals surface area contributed by atoms with Crippen LogP contribution in [0, 0.1) is 0 Å². The van der Waals surface area contributed by atoms with Crippen molar-refractivity contribution in [3.8, 4) is 22.5 Å². The minimum atomic E-state index is -4.88. The largest absolute Gasteiger partial charge is 0.481 e. The molecule has 1 aliphatic heterocycles. The first-order valence-electron chi connectivity index (χ1n) is 14.0. The molecule has 11 nitrogen and oxygen atoms in total. The van der Waals surface area contributed by atoms with Gasteiger partial charge in [-0.25, -0.2) is 17.7 Å². The lowest BCUT2D eigenvalue weighted by Gasteiger charge is -2.18. The standard InChI is InChI=1S/C30H35N3O8S2/c1-4-33(5-2)21-11-14-24-27(18-21)41-26-17-20(31-3)10-13-23(26)30(24)25-15-12-22(19-28(25)43(38,39)40)42(36,37)32-16-8-6-7-9-29(34)35/h10-15,17-19,32H,4-9,16H2,1-3H3,(H2,34,35,38,39,40)/p+1. The summed E-state index contributed by atoms with van der Waals surface area (Å²) < 4.78 is 72.8. The summed E-state index contributed by atoms with van der Waals surface area (Å²) in [5.74, 6) is -0.430. The molecule has 0 saturated carbocycles. The number of unbranched alkanes of at least 4 members (excludes halogenated alkanes) is 2. The number of anilines is 1. The van der Waals surface area contributed by atoms with E-state index >= 15 is 0 Å². The highest BCUT2D eigenvalue weighted by atomic mass is 32.2. The predicted octanol–water partition coefficient (Wildman–Crippen LogP) is 4.23. The fourth-order valence-corrected chi connectivity index (χ4v) is 6.97. The van der Waals surface area contributed by atoms with E-state index < -0.39 is 31.0 Å². The Morgan fingerprint density at radius 3 is 2.28 bits per heavy atom. The molecule has 2 aliphatic rings. The third-order valence-electron chi connectivity index (χ3n) is 7.29. The number of hydrogen-bond acceptors (Lipinski definition) is 7. The molecule has 0 spiro atoms. The van der Waals surface area contributed by atoms with E-state index in [0.29, 0.717) is 47.1 Å². The fraction of sp³-hybridized carbons (Fsp3) is 0.333. The Labute approximate surface area is 251 Å². The molecule has 0 fully saturated rings. The van der Waals surface area contributed by atoms with Crippen molar-refractivity contribution < 1.29 is 35.7 Å². The van der Waals surface area contributed by atoms with Crippen LogP contribution in [-0.4, -0.2) is 59.1 Å². The van der Waals surface area contributed by atoms with Crippen molar-refractivity contribution in [2.45, 2.75) is 49.3 Å². The molecule has 0 unspecified atom stereocenters. The monoisotopic (exact) mass is 630 g/mol. The van der Waals surface area contributed by atoms with E-state index in [1.165, 1.54) is 12.1 Å². The second-order valence-electron chi connectivity index (χ2n) is 10.0. The minimum Gasteiger partial charge on any atom is -0.481 e. The second-order valence-corrected chi connectivity index (χ2v) is 13.2. The molecule has 0 bridgehead atoms. The van der Waals surface area contributed by atoms with Crippen LogP contribution in [0.15, 0.2) is 68.8 Å². The lowest BCUT2D eigenvalue weighted by Crippen LogP contribution is -2.29. The highest BCUT2D eigenvalue weighted by molar-refractivity contribution is 7.89. The van der Waals surface area contributed by atoms with Gasteiger partial charge >= 0.3 is 5.97 Å². The lowest BCUT2D eigenvalue weighted by molar-refractivity contribution is -0.137. The maximum atomic E-state index is 13.0. The molecule has 0 radical (unpaired) electrons. The first kappa shape index (κ1) is 32.1. The zero-order valence-electron chi connectivity index (χ0n) is 24.3. The van der Waals surface area contributed by atoms with Crippen LogP contribution < -0.4 is 20.0 Å². The average molecular weight is 631 g/mol. The zero-order valence-corrected chi connectivity index (χ0v) is 25.9. The number of fused-ring (bicyclic) bond motifs is 2. The average Bonchev–Trinajstić information content (AvgIpc) is 2.97. The number of benzene rings is 3. The molecule has 43 heavy (non-hydrogen) atoms. The summed E-state index contributed by atoms with van der Waals surface area (Å²) in [5, 5.41) is 13.3. The van der Waals surface area contributed by atoms with E-state index in [0.717, 1.165) is 30.2 Å². The predicted molar refractivity (Wildman–Crippen MR) is 165 cm³/mol. The van der Waals surface area contributed by atoms with Gasteiger partial charge in [0.1, 0.15) is 29.3 Å². The van der Waals surface area contributed by atoms with Gasteiger partial charge in [0.15, 0.2) is 0 Å². The number of carboxylic acid groups (broad SMARTS) is 1. The van der Waals surface area contributed by atoms with Gasteiger partial charge in [-0.1, -0.05) is 12.5 Å². The van der Waals surface area contributed by atoms with Gasteiger partial charge in [-0.15, -0.1) is 0 Å². The summed E-state index contributed by atoms with van der Waals surface area (Å²) in [7, 11) is -7.25. The SMILES string of the molecule is CC[N+](CC)=c1ccc2c(-c3ccc(S(=O)(=O)NCCCCCC(=O)O)cc3S(=O)(=O)O)c3ccc(NC)cc3oc-2c1. The van der Waals surface area contributed by atoms with E-state index in [2.05, 4.69) is 14.6 Å². The van der Waals surface area contributed by atoms with Crippen molar-refractivity contribution in [1.29, 1.82) is 0 Å². The topological polar surface area (TPSA) is 166 Å². The Morgan fingerprint density at radius 2 is 1.63 bits per heavy atom. The van der Waals surface area contributed by atoms with Crippen molar-refractivity contribution >= 4 is 42.8 Å². The van der Waals surface area contributed by atoms with Crippen LogP contribution in [0.4, 0.5) is 5.69 Å². The maximum absolute atomic E-state index is 13.0. The number of aliphatic carboxylic acids is 1. The summed E-state index contributed by atoms with van der Waals surface area (Å²) in [6, 6.07) is 14.6. The molecule has 0 atom stereocenters. The molecular weight excluding hydrogens is 594 g/mol. The third-order valence-corrected chi connectivity index (χ3v) is 9.65. The van der Waals surface area contributed by atoms with Crippen LogP contribution >= 0.6 is 0 Å². The summed E-state index contributed by atoms with van der Waals surface area (Å²) >= 11 is 0. The van der Waals surface area contributed by atoms with Crippen LogP contribution in [0.25, 0.3) is 33.4 Å². The number of hydrogen-bond donors (Lipinski definition) is 4. The molecule has 0 amide bonds. The molecular formula is C30H36N3O8S2+. The second kappa shape index (κ2) is 13.2. The normalized spacial score (nSPS) is 12.1. The molecule has 2 aromatic rings. The first-order valence-corrected chi connectivity index (χ1v) is 16.9. The van der Waals surface area contributed by atoms with Crippen LogP contribution in [0.1, 0.15) is 39.5 Å². The Hall–Kier alpha value is -3.78. The van der Waals surface area contributed by atoms with Crippen molar-refractivity contribution in [2.75, 3.05) is 32.0 Å². The summed E-state index contributed by atoms with van der Waals surface area (Å²) in [6.45, 7) is 5.66. The Bertz CT molecular complexity index is 1910. The molecule has 1 aliphatic carbocycles. The molecule has 13 heteroatoms. The van der Waals surface area contributed by atoms with E-state index in [1.54, 1.807) is 19.2 Å². The van der Waals surface area contributed by atoms with Crippen LogP contribution in [-0.2, 0) is 24.9 Å². The van der Waals surface area contributed by atoms with E-state index in [9.17, 15) is 26.2 Å². The van der Waals surface area contributed by atoms with E-state index in [1.807, 2.05) is 38.1 Å². The van der Waals surface area contributed by atoms with Crippen molar-refractivity contribution in [2.24, 2.45) is 0 Å². The molecule has 230 valence electrons. The first-order chi connectivity index (χ1) is 20.4. The van der Waals surface area contributed by atoms with E-state index in [-0.39, 0.29) is 23.4 Å². The Kier molecular flexibility index (Phi) is 9.90. The maximum Gasteiger partial charge on any atom is 0.303 e. The van der Waals surface area contributed by atoms with Crippen LogP contribution in [0.3, 0.4) is 0 Å². The number of carbonyl (C=O) groups is 1. The highest BCUT2D eigenvalue weighted by Crippen LogP contribution is 2.43. The van der Waals surface area contributed by atoms with Gasteiger partial charge in [0.2, 0.25) is 15.4 Å². The quantitative estimate of drug-likeness (QED) is 0.0732. The van der Waals surface area contributed by atoms with Crippen molar-refractivity contribution in [3.63, 3.8) is 0 Å². The molecule has 2 aromatic carbocycles. The fourth-order valence-electron chi connectivity index (χ4n) is 5.07. The third kappa shape index (κ3) is 7.24. The lowest BCUT2D eigenvalue weighted by atomic mass is 9.93. The van der Waals surface area contributed by atoms with Gasteiger partial charge in [-0.05, 0) is 57.0 Å². The number of rotatable bonds is 13. The van der Waals surface area contributed by atoms with Gasteiger partial charge < -0.3 is 14.8 Å². The zero-order chi connectivity index (χ0) is 31.4. The number of nitrogens with zero attached hydrogens (tertiary/aromatic N) is 1. The summed E-state index contributed by atoms with van der Waals surface area (Å²) in [5.41, 5.74) is 2.41. The Balaban J connectivity index is 1.88. The van der Waals surface area contributed by atoms with Gasteiger partial charge in [0, 0.05) is 59.9 Å². The number of nitrogens with one attached hydrogen (secondary N) is 2. The van der Waals surface area contributed by atoms with Gasteiger partial charge in [-0.2, -0.15) is 8.42 Å². The van der Waals surface area contributed by atoms with Crippen molar-refractivity contribution in [3.05, 3.63) is 60.0 Å². The van der Waals surface area contributed by atoms with E-state index in [4.69, 9.17) is 9.52 Å². The van der Waals surface area contributed by atoms with Crippen molar-refractivity contribution in [1.82, 2.24) is 9.30 Å². The summed E-state index contributed by atoms with van der Waals surface area (Å²) in [4.78, 5) is 9.78. The van der Waals surface area contributed by atoms with Gasteiger partial charge in [-0.3, -0.25) is 9.35 Å². The summed E-state index contributed by atoms with van der Waals surface area (Å²) in [6.07, 6.45) is 1.32. The molecule has 4 N–H and O–H groups in total. The highest BCUT2D eigenvalue weighted by Gasteiger charge is 2.27. The van der Waals surface area contributed by atoms with Gasteiger partial charge in [0.05, 0.1) is 11.0 Å². The molecule has 4 rings (SSSR count). The van der Waals surface area contributed by atoms with Gasteiger partial charge in [0.25, 0.3) is 10.1 Å². The Morgan fingerprint density at radius 1 is 0.907 bits per heavy atom. The van der Waals surface area contributed by atoms with Crippen LogP contribution in [0.2, 0.25) is 0 Å². The van der Waals surface area contributed by atoms with Crippen LogP contribution in [0.5, 0.6) is 0 Å². The molecule has 0 saturated heterocycles. The number of sulfonamides is 1.